The lowest BCUT2D eigenvalue weighted by atomic mass is 10.1. The monoisotopic (exact) mass is 286 g/mol. The van der Waals surface area contributed by atoms with E-state index in [9.17, 15) is 4.79 Å². The van der Waals surface area contributed by atoms with Crippen molar-refractivity contribution in [2.45, 2.75) is 58.2 Å². The van der Waals surface area contributed by atoms with Crippen LogP contribution in [0.2, 0.25) is 0 Å². The van der Waals surface area contributed by atoms with Crippen LogP contribution in [0.5, 0.6) is 0 Å². The zero-order valence-electron chi connectivity index (χ0n) is 13.2. The SMILES string of the molecule is CCCC1NC(CC)N(CCCCOCCOC)C1=O. The molecule has 0 aromatic carbocycles. The summed E-state index contributed by atoms with van der Waals surface area (Å²) in [7, 11) is 1.67. The zero-order valence-corrected chi connectivity index (χ0v) is 13.2. The first-order valence-corrected chi connectivity index (χ1v) is 7.87. The lowest BCUT2D eigenvalue weighted by molar-refractivity contribution is -0.130. The minimum atomic E-state index is 0.0305. The molecule has 0 bridgehead atoms. The molecule has 0 aliphatic carbocycles. The number of unbranched alkanes of at least 4 members (excludes halogenated alkanes) is 1. The van der Waals surface area contributed by atoms with E-state index in [1.165, 1.54) is 0 Å². The molecule has 1 rings (SSSR count). The number of amides is 1. The van der Waals surface area contributed by atoms with Gasteiger partial charge in [0.1, 0.15) is 0 Å². The van der Waals surface area contributed by atoms with Crippen molar-refractivity contribution < 1.29 is 14.3 Å². The van der Waals surface area contributed by atoms with Crippen LogP contribution < -0.4 is 5.32 Å². The van der Waals surface area contributed by atoms with Gasteiger partial charge in [-0.05, 0) is 25.7 Å². The maximum Gasteiger partial charge on any atom is 0.241 e. The van der Waals surface area contributed by atoms with Gasteiger partial charge in [-0.15, -0.1) is 0 Å². The van der Waals surface area contributed by atoms with Gasteiger partial charge in [0, 0.05) is 20.3 Å². The highest BCUT2D eigenvalue weighted by molar-refractivity contribution is 5.84. The molecule has 1 saturated heterocycles. The lowest BCUT2D eigenvalue weighted by Crippen LogP contribution is -2.37. The Hall–Kier alpha value is -0.650. The minimum absolute atomic E-state index is 0.0305. The summed E-state index contributed by atoms with van der Waals surface area (Å²) in [6.45, 7) is 7.12. The molecule has 0 spiro atoms. The number of hydrogen-bond donors (Lipinski definition) is 1. The Morgan fingerprint density at radius 3 is 2.65 bits per heavy atom. The molecule has 0 saturated carbocycles. The average Bonchev–Trinajstić information content (AvgIpc) is 2.75. The van der Waals surface area contributed by atoms with Crippen molar-refractivity contribution in [2.24, 2.45) is 0 Å². The molecule has 1 amide bonds. The third-order valence-corrected chi connectivity index (χ3v) is 3.68. The molecule has 2 unspecified atom stereocenters. The molecule has 0 aromatic rings. The van der Waals surface area contributed by atoms with Gasteiger partial charge >= 0.3 is 0 Å². The van der Waals surface area contributed by atoms with Crippen LogP contribution in [0.1, 0.15) is 46.0 Å². The molecular weight excluding hydrogens is 256 g/mol. The normalized spacial score (nSPS) is 22.8. The van der Waals surface area contributed by atoms with Crippen molar-refractivity contribution in [3.05, 3.63) is 0 Å². The molecule has 5 nitrogen and oxygen atoms in total. The summed E-state index contributed by atoms with van der Waals surface area (Å²) >= 11 is 0. The summed E-state index contributed by atoms with van der Waals surface area (Å²) in [5, 5.41) is 3.44. The van der Waals surface area contributed by atoms with E-state index in [4.69, 9.17) is 9.47 Å². The Morgan fingerprint density at radius 1 is 1.20 bits per heavy atom. The van der Waals surface area contributed by atoms with Crippen LogP contribution in [0, 0.1) is 0 Å². The number of rotatable bonds is 11. The molecule has 5 heteroatoms. The van der Waals surface area contributed by atoms with Crippen molar-refractivity contribution in [1.29, 1.82) is 0 Å². The molecule has 2 atom stereocenters. The Balaban J connectivity index is 2.22. The highest BCUT2D eigenvalue weighted by atomic mass is 16.5. The van der Waals surface area contributed by atoms with Gasteiger partial charge in [0.15, 0.2) is 0 Å². The van der Waals surface area contributed by atoms with Crippen LogP contribution in [0.15, 0.2) is 0 Å². The number of carbonyl (C=O) groups is 1. The number of methoxy groups -OCH3 is 1. The molecule has 118 valence electrons. The third-order valence-electron chi connectivity index (χ3n) is 3.68. The van der Waals surface area contributed by atoms with Gasteiger partial charge in [-0.1, -0.05) is 20.3 Å². The standard InChI is InChI=1S/C15H30N2O3/c1-4-8-13-15(18)17(14(5-2)16-13)9-6-7-10-20-12-11-19-3/h13-14,16H,4-12H2,1-3H3. The van der Waals surface area contributed by atoms with Crippen LogP contribution in [0.3, 0.4) is 0 Å². The number of nitrogens with zero attached hydrogens (tertiary/aromatic N) is 1. The second-order valence-corrected chi connectivity index (χ2v) is 5.28. The van der Waals surface area contributed by atoms with E-state index in [-0.39, 0.29) is 18.1 Å². The van der Waals surface area contributed by atoms with E-state index < -0.39 is 0 Å². The van der Waals surface area contributed by atoms with Crippen molar-refractivity contribution >= 4 is 5.91 Å². The topological polar surface area (TPSA) is 50.8 Å². The molecule has 0 aromatic heterocycles. The Kier molecular flexibility index (Phi) is 8.82. The number of ether oxygens (including phenoxy) is 2. The van der Waals surface area contributed by atoms with Crippen molar-refractivity contribution in [3.8, 4) is 0 Å². The number of carbonyl (C=O) groups excluding carboxylic acids is 1. The van der Waals surface area contributed by atoms with Crippen molar-refractivity contribution in [2.75, 3.05) is 33.5 Å². The first-order chi connectivity index (χ1) is 9.74. The minimum Gasteiger partial charge on any atom is -0.382 e. The van der Waals surface area contributed by atoms with Crippen LogP contribution in [0.4, 0.5) is 0 Å². The van der Waals surface area contributed by atoms with Crippen LogP contribution in [-0.4, -0.2) is 56.5 Å². The Bertz CT molecular complexity index is 274. The molecule has 0 radical (unpaired) electrons. The predicted molar refractivity (Wildman–Crippen MR) is 79.6 cm³/mol. The third kappa shape index (κ3) is 5.38. The molecule has 1 aliphatic heterocycles. The maximum atomic E-state index is 12.3. The van der Waals surface area contributed by atoms with E-state index in [0.717, 1.165) is 45.3 Å². The predicted octanol–water partition coefficient (Wildman–Crippen LogP) is 1.77. The van der Waals surface area contributed by atoms with Gasteiger partial charge in [-0.3, -0.25) is 10.1 Å². The maximum absolute atomic E-state index is 12.3. The fraction of sp³-hybridized carbons (Fsp3) is 0.933. The van der Waals surface area contributed by atoms with Crippen molar-refractivity contribution in [1.82, 2.24) is 10.2 Å². The molecule has 1 heterocycles. The molecule has 1 N–H and O–H groups in total. The van der Waals surface area contributed by atoms with E-state index in [1.54, 1.807) is 7.11 Å². The van der Waals surface area contributed by atoms with Gasteiger partial charge in [-0.2, -0.15) is 0 Å². The second kappa shape index (κ2) is 10.1. The Labute approximate surface area is 123 Å². The molecular formula is C15H30N2O3. The quantitative estimate of drug-likeness (QED) is 0.588. The van der Waals surface area contributed by atoms with Gasteiger partial charge in [0.05, 0.1) is 25.4 Å². The highest BCUT2D eigenvalue weighted by Crippen LogP contribution is 2.17. The van der Waals surface area contributed by atoms with Crippen molar-refractivity contribution in [3.63, 3.8) is 0 Å². The first kappa shape index (κ1) is 17.4. The molecule has 1 fully saturated rings. The lowest BCUT2D eigenvalue weighted by Gasteiger charge is -2.23. The number of hydrogen-bond acceptors (Lipinski definition) is 4. The summed E-state index contributed by atoms with van der Waals surface area (Å²) in [6, 6.07) is 0.0305. The summed E-state index contributed by atoms with van der Waals surface area (Å²) in [5.41, 5.74) is 0. The van der Waals surface area contributed by atoms with Crippen LogP contribution in [-0.2, 0) is 14.3 Å². The Morgan fingerprint density at radius 2 is 2.00 bits per heavy atom. The fourth-order valence-corrected chi connectivity index (χ4v) is 2.58. The van der Waals surface area contributed by atoms with Gasteiger partial charge < -0.3 is 14.4 Å². The summed E-state index contributed by atoms with van der Waals surface area (Å²) in [5.74, 6) is 0.277. The van der Waals surface area contributed by atoms with Crippen LogP contribution in [0.25, 0.3) is 0 Å². The number of nitrogens with one attached hydrogen (secondary N) is 1. The van der Waals surface area contributed by atoms with Gasteiger partial charge in [-0.25, -0.2) is 0 Å². The highest BCUT2D eigenvalue weighted by Gasteiger charge is 2.36. The van der Waals surface area contributed by atoms with E-state index in [1.807, 2.05) is 4.90 Å². The van der Waals surface area contributed by atoms with E-state index in [2.05, 4.69) is 19.2 Å². The smallest absolute Gasteiger partial charge is 0.241 e. The summed E-state index contributed by atoms with van der Waals surface area (Å²) < 4.78 is 10.4. The van der Waals surface area contributed by atoms with Gasteiger partial charge in [0.2, 0.25) is 5.91 Å². The molecule has 1 aliphatic rings. The average molecular weight is 286 g/mol. The summed E-state index contributed by atoms with van der Waals surface area (Å²) in [4.78, 5) is 14.3. The van der Waals surface area contributed by atoms with E-state index in [0.29, 0.717) is 13.2 Å². The first-order valence-electron chi connectivity index (χ1n) is 7.87. The molecule has 20 heavy (non-hydrogen) atoms. The van der Waals surface area contributed by atoms with Crippen LogP contribution >= 0.6 is 0 Å². The largest absolute Gasteiger partial charge is 0.382 e. The summed E-state index contributed by atoms with van der Waals surface area (Å²) in [6.07, 6.45) is 5.15. The fourth-order valence-electron chi connectivity index (χ4n) is 2.58. The van der Waals surface area contributed by atoms with E-state index >= 15 is 0 Å². The zero-order chi connectivity index (χ0) is 14.8. The second-order valence-electron chi connectivity index (χ2n) is 5.28. The van der Waals surface area contributed by atoms with Gasteiger partial charge in [0.25, 0.3) is 0 Å².